The van der Waals surface area contributed by atoms with Crippen LogP contribution in [-0.2, 0) is 19.3 Å². The summed E-state index contributed by atoms with van der Waals surface area (Å²) in [6, 6.07) is 4.14. The highest BCUT2D eigenvalue weighted by Crippen LogP contribution is 2.21. The second-order valence-corrected chi connectivity index (χ2v) is 7.24. The first-order valence-corrected chi connectivity index (χ1v) is 9.44. The Morgan fingerprint density at radius 3 is 2.93 bits per heavy atom. The number of guanidine groups is 1. The number of rotatable bonds is 5. The summed E-state index contributed by atoms with van der Waals surface area (Å²) < 4.78 is 29.0. The smallest absolute Gasteiger partial charge is 0.191 e. The first-order chi connectivity index (χ1) is 13.0. The van der Waals surface area contributed by atoms with Gasteiger partial charge in [-0.05, 0) is 62.4 Å². The fourth-order valence-electron chi connectivity index (χ4n) is 3.34. The Bertz CT molecular complexity index is 813. The third-order valence-corrected chi connectivity index (χ3v) is 4.88. The molecule has 1 aromatic heterocycles. The average molecular weight is 375 g/mol. The van der Waals surface area contributed by atoms with E-state index in [9.17, 15) is 8.78 Å². The molecule has 1 unspecified atom stereocenters. The summed E-state index contributed by atoms with van der Waals surface area (Å²) in [6.45, 7) is 4.72. The fraction of sp³-hybridized carbons (Fsp3) is 0.500. The Hall–Kier alpha value is -2.44. The van der Waals surface area contributed by atoms with Crippen LogP contribution in [0, 0.1) is 11.6 Å². The van der Waals surface area contributed by atoms with Crippen molar-refractivity contribution in [2.45, 2.75) is 51.6 Å². The van der Waals surface area contributed by atoms with Crippen molar-refractivity contribution in [1.29, 1.82) is 0 Å². The highest BCUT2D eigenvalue weighted by Gasteiger charge is 2.23. The van der Waals surface area contributed by atoms with Crippen molar-refractivity contribution in [3.63, 3.8) is 0 Å². The van der Waals surface area contributed by atoms with Gasteiger partial charge in [-0.15, -0.1) is 0 Å². The standard InChI is InChI=1S/C20H27F2N5/c1-13(2)27-12-15-4-6-17(11-19(15)26-27)25-20(23-3)24-9-8-14-10-16(21)5-7-18(14)22/h5,7,10,12-13,17H,4,6,8-9,11H2,1-3H3,(H2,23,24,25). The molecule has 1 atom stereocenters. The van der Waals surface area contributed by atoms with E-state index in [-0.39, 0.29) is 11.9 Å². The first-order valence-electron chi connectivity index (χ1n) is 9.44. The maximum atomic E-state index is 13.7. The van der Waals surface area contributed by atoms with Gasteiger partial charge in [0.05, 0.1) is 5.69 Å². The van der Waals surface area contributed by atoms with Crippen molar-refractivity contribution in [3.05, 3.63) is 52.9 Å². The summed E-state index contributed by atoms with van der Waals surface area (Å²) >= 11 is 0. The van der Waals surface area contributed by atoms with E-state index in [1.54, 1.807) is 7.05 Å². The van der Waals surface area contributed by atoms with Crippen LogP contribution in [0.3, 0.4) is 0 Å². The van der Waals surface area contributed by atoms with Gasteiger partial charge >= 0.3 is 0 Å². The topological polar surface area (TPSA) is 54.2 Å². The molecule has 0 spiro atoms. The number of halogens is 2. The van der Waals surface area contributed by atoms with Gasteiger partial charge in [-0.1, -0.05) is 0 Å². The summed E-state index contributed by atoms with van der Waals surface area (Å²) in [5, 5.41) is 11.3. The van der Waals surface area contributed by atoms with E-state index in [1.807, 2.05) is 4.68 Å². The second kappa shape index (κ2) is 8.50. The summed E-state index contributed by atoms with van der Waals surface area (Å²) in [5.74, 6) is -0.141. The van der Waals surface area contributed by atoms with Crippen LogP contribution in [0.25, 0.3) is 0 Å². The van der Waals surface area contributed by atoms with E-state index in [0.717, 1.165) is 37.1 Å². The van der Waals surface area contributed by atoms with Crippen molar-refractivity contribution >= 4 is 5.96 Å². The molecule has 5 nitrogen and oxygen atoms in total. The Morgan fingerprint density at radius 2 is 2.19 bits per heavy atom. The number of hydrogen-bond acceptors (Lipinski definition) is 2. The summed E-state index contributed by atoms with van der Waals surface area (Å²) in [4.78, 5) is 4.24. The molecule has 2 N–H and O–H groups in total. The lowest BCUT2D eigenvalue weighted by Crippen LogP contribution is -2.46. The van der Waals surface area contributed by atoms with Gasteiger partial charge in [-0.25, -0.2) is 8.78 Å². The third kappa shape index (κ3) is 4.84. The van der Waals surface area contributed by atoms with Gasteiger partial charge in [0.25, 0.3) is 0 Å². The molecular weight excluding hydrogens is 348 g/mol. The minimum absolute atomic E-state index is 0.255. The lowest BCUT2D eigenvalue weighted by molar-refractivity contribution is 0.499. The van der Waals surface area contributed by atoms with E-state index in [1.165, 1.54) is 11.6 Å². The van der Waals surface area contributed by atoms with Crippen molar-refractivity contribution in [2.24, 2.45) is 4.99 Å². The molecule has 1 aromatic carbocycles. The lowest BCUT2D eigenvalue weighted by atomic mass is 9.94. The zero-order valence-corrected chi connectivity index (χ0v) is 16.1. The average Bonchev–Trinajstić information content (AvgIpc) is 3.07. The van der Waals surface area contributed by atoms with Crippen LogP contribution in [0.1, 0.15) is 43.1 Å². The van der Waals surface area contributed by atoms with Gasteiger partial charge in [0.15, 0.2) is 5.96 Å². The van der Waals surface area contributed by atoms with E-state index < -0.39 is 5.82 Å². The molecule has 0 bridgehead atoms. The molecule has 2 aromatic rings. The molecule has 7 heteroatoms. The summed E-state index contributed by atoms with van der Waals surface area (Å²) in [7, 11) is 1.71. The van der Waals surface area contributed by atoms with Crippen molar-refractivity contribution in [1.82, 2.24) is 20.4 Å². The SMILES string of the molecule is CN=C(NCCc1cc(F)ccc1F)NC1CCc2cn(C(C)C)nc2C1. The molecule has 0 fully saturated rings. The van der Waals surface area contributed by atoms with Crippen molar-refractivity contribution in [3.8, 4) is 0 Å². The van der Waals surface area contributed by atoms with Gasteiger partial charge in [0, 0.05) is 38.3 Å². The van der Waals surface area contributed by atoms with Crippen LogP contribution in [0.15, 0.2) is 29.4 Å². The molecule has 146 valence electrons. The van der Waals surface area contributed by atoms with Crippen LogP contribution in [0.4, 0.5) is 8.78 Å². The molecule has 0 aliphatic heterocycles. The lowest BCUT2D eigenvalue weighted by Gasteiger charge is -2.24. The number of benzene rings is 1. The van der Waals surface area contributed by atoms with Crippen molar-refractivity contribution in [2.75, 3.05) is 13.6 Å². The largest absolute Gasteiger partial charge is 0.356 e. The number of nitrogens with one attached hydrogen (secondary N) is 2. The number of aliphatic imine (C=N–C) groups is 1. The summed E-state index contributed by atoms with van der Waals surface area (Å²) in [5.41, 5.74) is 2.83. The van der Waals surface area contributed by atoms with Crippen LogP contribution in [-0.4, -0.2) is 35.4 Å². The normalized spacial score (nSPS) is 17.1. The Morgan fingerprint density at radius 1 is 1.37 bits per heavy atom. The van der Waals surface area contributed by atoms with Crippen molar-refractivity contribution < 1.29 is 8.78 Å². The van der Waals surface area contributed by atoms with E-state index in [2.05, 4.69) is 35.7 Å². The van der Waals surface area contributed by atoms with Crippen LogP contribution >= 0.6 is 0 Å². The number of hydrogen-bond donors (Lipinski definition) is 2. The van der Waals surface area contributed by atoms with Gasteiger partial charge in [-0.3, -0.25) is 9.67 Å². The van der Waals surface area contributed by atoms with Crippen LogP contribution in [0.2, 0.25) is 0 Å². The quantitative estimate of drug-likeness (QED) is 0.624. The van der Waals surface area contributed by atoms with Gasteiger partial charge in [0.1, 0.15) is 11.6 Å². The molecule has 0 saturated heterocycles. The first kappa shape index (κ1) is 19.3. The third-order valence-electron chi connectivity index (χ3n) is 4.88. The molecule has 0 radical (unpaired) electrons. The van der Waals surface area contributed by atoms with Crippen LogP contribution in [0.5, 0.6) is 0 Å². The highest BCUT2D eigenvalue weighted by atomic mass is 19.1. The molecule has 1 aliphatic rings. The molecular formula is C20H27F2N5. The minimum Gasteiger partial charge on any atom is -0.356 e. The highest BCUT2D eigenvalue weighted by molar-refractivity contribution is 5.80. The maximum absolute atomic E-state index is 13.7. The molecule has 3 rings (SSSR count). The summed E-state index contributed by atoms with van der Waals surface area (Å²) in [6.07, 6.45) is 5.39. The second-order valence-electron chi connectivity index (χ2n) is 7.24. The zero-order valence-electron chi connectivity index (χ0n) is 16.1. The molecule has 27 heavy (non-hydrogen) atoms. The molecule has 0 amide bonds. The molecule has 0 saturated carbocycles. The zero-order chi connectivity index (χ0) is 19.4. The predicted octanol–water partition coefficient (Wildman–Crippen LogP) is 3.01. The molecule has 1 heterocycles. The monoisotopic (exact) mass is 375 g/mol. The maximum Gasteiger partial charge on any atom is 0.191 e. The van der Waals surface area contributed by atoms with Crippen LogP contribution < -0.4 is 10.6 Å². The van der Waals surface area contributed by atoms with Gasteiger partial charge in [-0.2, -0.15) is 5.10 Å². The minimum atomic E-state index is -0.423. The number of aromatic nitrogens is 2. The fourth-order valence-corrected chi connectivity index (χ4v) is 3.34. The Labute approximate surface area is 158 Å². The number of fused-ring (bicyclic) bond motifs is 1. The molecule has 1 aliphatic carbocycles. The predicted molar refractivity (Wildman–Crippen MR) is 103 cm³/mol. The van der Waals surface area contributed by atoms with E-state index in [0.29, 0.717) is 30.5 Å². The Kier molecular flexibility index (Phi) is 6.08. The van der Waals surface area contributed by atoms with E-state index >= 15 is 0 Å². The Balaban J connectivity index is 1.52. The van der Waals surface area contributed by atoms with Gasteiger partial charge in [0.2, 0.25) is 0 Å². The van der Waals surface area contributed by atoms with E-state index in [4.69, 9.17) is 5.10 Å². The van der Waals surface area contributed by atoms with Gasteiger partial charge < -0.3 is 10.6 Å². The number of nitrogens with zero attached hydrogens (tertiary/aromatic N) is 3. The number of aryl methyl sites for hydroxylation is 1.